The molecule has 6 saturated carbocycles. The van der Waals surface area contributed by atoms with Gasteiger partial charge in [-0.05, 0) is 86.4 Å². The predicted octanol–water partition coefficient (Wildman–Crippen LogP) is 3.02. The Kier molecular flexibility index (Phi) is 3.17. The van der Waals surface area contributed by atoms with E-state index in [1.54, 1.807) is 0 Å². The monoisotopic (exact) mass is 317 g/mol. The van der Waals surface area contributed by atoms with Crippen molar-refractivity contribution in [2.75, 3.05) is 7.11 Å². The zero-order valence-corrected chi connectivity index (χ0v) is 13.9. The molecule has 0 spiro atoms. The molecule has 0 aromatic carbocycles. The molecule has 2 amide bonds. The number of amides is 2. The van der Waals surface area contributed by atoms with Crippen molar-refractivity contribution in [1.82, 2.24) is 5.06 Å². The van der Waals surface area contributed by atoms with Gasteiger partial charge in [-0.1, -0.05) is 0 Å². The van der Waals surface area contributed by atoms with Crippen molar-refractivity contribution in [2.24, 2.45) is 47.3 Å². The van der Waals surface area contributed by atoms with Gasteiger partial charge in [-0.15, -0.1) is 0 Å². The van der Waals surface area contributed by atoms with Crippen LogP contribution in [0.15, 0.2) is 0 Å². The van der Waals surface area contributed by atoms with Gasteiger partial charge in [0.15, 0.2) is 0 Å². The number of carbonyl (C=O) groups excluding carboxylic acids is 2. The number of carbonyl (C=O) groups is 2. The van der Waals surface area contributed by atoms with E-state index in [0.29, 0.717) is 18.3 Å². The van der Waals surface area contributed by atoms with Gasteiger partial charge in [0, 0.05) is 6.42 Å². The van der Waals surface area contributed by atoms with Crippen molar-refractivity contribution in [1.29, 1.82) is 0 Å². The van der Waals surface area contributed by atoms with Crippen LogP contribution < -0.4 is 0 Å². The SMILES string of the molecule is CON1C(=O)CC(C2CC3CCC2C2C4CCC(CC4)C32)C1=O. The molecule has 7 aliphatic rings. The number of imide groups is 1. The molecule has 0 N–H and O–H groups in total. The minimum Gasteiger partial charge on any atom is -0.272 e. The van der Waals surface area contributed by atoms with Crippen LogP contribution in [0.1, 0.15) is 51.4 Å². The van der Waals surface area contributed by atoms with E-state index < -0.39 is 0 Å². The molecule has 1 heterocycles. The first kappa shape index (κ1) is 14.4. The molecule has 6 aliphatic carbocycles. The third kappa shape index (κ3) is 1.87. The van der Waals surface area contributed by atoms with Gasteiger partial charge in [-0.2, -0.15) is 5.06 Å². The molecule has 6 unspecified atom stereocenters. The second-order valence-electron chi connectivity index (χ2n) is 8.75. The van der Waals surface area contributed by atoms with E-state index in [4.69, 9.17) is 4.84 Å². The van der Waals surface area contributed by atoms with Crippen LogP contribution in [0.5, 0.6) is 0 Å². The van der Waals surface area contributed by atoms with Crippen molar-refractivity contribution in [3.63, 3.8) is 0 Å². The highest BCUT2D eigenvalue weighted by atomic mass is 16.7. The number of fused-ring (bicyclic) bond motifs is 4. The van der Waals surface area contributed by atoms with E-state index in [2.05, 4.69) is 0 Å². The number of nitrogens with zero attached hydrogens (tertiary/aromatic N) is 1. The second-order valence-corrected chi connectivity index (χ2v) is 8.75. The first-order valence-electron chi connectivity index (χ1n) is 9.60. The molecule has 4 nitrogen and oxygen atoms in total. The van der Waals surface area contributed by atoms with Gasteiger partial charge in [-0.3, -0.25) is 14.4 Å². The summed E-state index contributed by atoms with van der Waals surface area (Å²) in [5, 5.41) is 1.03. The topological polar surface area (TPSA) is 46.6 Å². The van der Waals surface area contributed by atoms with Gasteiger partial charge < -0.3 is 0 Å². The first-order chi connectivity index (χ1) is 11.2. The Hall–Kier alpha value is -0.900. The van der Waals surface area contributed by atoms with Gasteiger partial charge >= 0.3 is 0 Å². The molecule has 1 aliphatic heterocycles. The van der Waals surface area contributed by atoms with Gasteiger partial charge in [0.1, 0.15) is 0 Å². The van der Waals surface area contributed by atoms with Gasteiger partial charge in [-0.25, -0.2) is 0 Å². The van der Waals surface area contributed by atoms with E-state index in [0.717, 1.165) is 34.7 Å². The molecule has 23 heavy (non-hydrogen) atoms. The minimum absolute atomic E-state index is 0.0624. The summed E-state index contributed by atoms with van der Waals surface area (Å²) in [6, 6.07) is 0. The zero-order chi connectivity index (χ0) is 15.7. The number of rotatable bonds is 2. The molecule has 0 aromatic heterocycles. The van der Waals surface area contributed by atoms with Crippen LogP contribution in [0, 0.1) is 47.3 Å². The number of hydrogen-bond acceptors (Lipinski definition) is 3. The maximum atomic E-state index is 12.6. The van der Waals surface area contributed by atoms with Gasteiger partial charge in [0.2, 0.25) is 0 Å². The van der Waals surface area contributed by atoms with Crippen LogP contribution in [-0.2, 0) is 14.4 Å². The average Bonchev–Trinajstić information content (AvgIpc) is 2.90. The fourth-order valence-corrected chi connectivity index (χ4v) is 7.59. The Balaban J connectivity index is 1.44. The highest BCUT2D eigenvalue weighted by molar-refractivity contribution is 6.02. The minimum atomic E-state index is -0.134. The molecular formula is C19H27NO3. The molecule has 1 saturated heterocycles. The molecule has 0 radical (unpaired) electrons. The van der Waals surface area contributed by atoms with Crippen molar-refractivity contribution in [3.05, 3.63) is 0 Å². The lowest BCUT2D eigenvalue weighted by Gasteiger charge is -2.63. The van der Waals surface area contributed by atoms with E-state index in [9.17, 15) is 9.59 Å². The average molecular weight is 317 g/mol. The largest absolute Gasteiger partial charge is 0.272 e. The lowest BCUT2D eigenvalue weighted by atomic mass is 9.42. The summed E-state index contributed by atoms with van der Waals surface area (Å²) in [5.41, 5.74) is 0. The summed E-state index contributed by atoms with van der Waals surface area (Å²) in [6.07, 6.45) is 9.99. The van der Waals surface area contributed by atoms with Crippen LogP contribution in [0.2, 0.25) is 0 Å². The molecule has 6 atom stereocenters. The Morgan fingerprint density at radius 1 is 0.870 bits per heavy atom. The summed E-state index contributed by atoms with van der Waals surface area (Å²) in [6.45, 7) is 0. The van der Waals surface area contributed by atoms with E-state index in [-0.39, 0.29) is 17.7 Å². The molecule has 7 fully saturated rings. The van der Waals surface area contributed by atoms with E-state index >= 15 is 0 Å². The van der Waals surface area contributed by atoms with Crippen molar-refractivity contribution >= 4 is 11.8 Å². The fourth-order valence-electron chi connectivity index (χ4n) is 7.59. The standard InChI is InChI=1S/C19H27NO3/c1-23-20-16(21)9-15(19(20)22)14-8-12-6-7-13(14)18-11-4-2-10(3-5-11)17(12)18/h10-15,17-18H,2-9H2,1H3. The number of hydroxylamine groups is 2. The van der Waals surface area contributed by atoms with Gasteiger partial charge in [0.25, 0.3) is 11.8 Å². The van der Waals surface area contributed by atoms with Crippen LogP contribution >= 0.6 is 0 Å². The van der Waals surface area contributed by atoms with Crippen molar-refractivity contribution in [2.45, 2.75) is 51.4 Å². The van der Waals surface area contributed by atoms with Gasteiger partial charge in [0.05, 0.1) is 13.0 Å². The lowest BCUT2D eigenvalue weighted by molar-refractivity contribution is -0.183. The summed E-state index contributed by atoms with van der Waals surface area (Å²) in [7, 11) is 1.43. The Bertz CT molecular complexity index is 539. The van der Waals surface area contributed by atoms with E-state index in [1.807, 2.05) is 0 Å². The summed E-state index contributed by atoms with van der Waals surface area (Å²) >= 11 is 0. The molecule has 0 aromatic rings. The predicted molar refractivity (Wildman–Crippen MR) is 83.7 cm³/mol. The van der Waals surface area contributed by atoms with Crippen LogP contribution in [-0.4, -0.2) is 24.0 Å². The molecule has 4 heteroatoms. The van der Waals surface area contributed by atoms with Crippen molar-refractivity contribution < 1.29 is 14.4 Å². The van der Waals surface area contributed by atoms with Crippen LogP contribution in [0.4, 0.5) is 0 Å². The third-order valence-corrected chi connectivity index (χ3v) is 8.22. The molecule has 4 bridgehead atoms. The maximum Gasteiger partial charge on any atom is 0.257 e. The number of hydrogen-bond donors (Lipinski definition) is 0. The normalized spacial score (nSPS) is 51.4. The summed E-state index contributed by atoms with van der Waals surface area (Å²) in [4.78, 5) is 29.7. The smallest absolute Gasteiger partial charge is 0.257 e. The Morgan fingerprint density at radius 2 is 1.52 bits per heavy atom. The third-order valence-electron chi connectivity index (χ3n) is 8.22. The highest BCUT2D eigenvalue weighted by Gasteiger charge is 2.59. The highest BCUT2D eigenvalue weighted by Crippen LogP contribution is 2.65. The maximum absolute atomic E-state index is 12.6. The summed E-state index contributed by atoms with van der Waals surface area (Å²) < 4.78 is 0. The van der Waals surface area contributed by atoms with Crippen LogP contribution in [0.25, 0.3) is 0 Å². The first-order valence-corrected chi connectivity index (χ1v) is 9.60. The lowest BCUT2D eigenvalue weighted by Crippen LogP contribution is -2.56. The fraction of sp³-hybridized carbons (Fsp3) is 0.895. The molecule has 7 rings (SSSR count). The second kappa shape index (κ2) is 5.05. The molecular weight excluding hydrogens is 290 g/mol. The molecule has 126 valence electrons. The van der Waals surface area contributed by atoms with Crippen LogP contribution in [0.3, 0.4) is 0 Å². The van der Waals surface area contributed by atoms with E-state index in [1.165, 1.54) is 52.1 Å². The summed E-state index contributed by atoms with van der Waals surface area (Å²) in [5.74, 6) is 5.34. The zero-order valence-electron chi connectivity index (χ0n) is 13.9. The Morgan fingerprint density at radius 3 is 2.17 bits per heavy atom. The quantitative estimate of drug-likeness (QED) is 0.736. The van der Waals surface area contributed by atoms with Crippen molar-refractivity contribution in [3.8, 4) is 0 Å². The Labute approximate surface area is 137 Å².